The molecule has 5 aliphatic rings. The smallest absolute Gasteiger partial charge is 0.270 e. The molecule has 0 aromatic rings. The highest BCUT2D eigenvalue weighted by Crippen LogP contribution is 2.56. The van der Waals surface area contributed by atoms with Gasteiger partial charge in [0.05, 0.1) is 41.9 Å². The summed E-state index contributed by atoms with van der Waals surface area (Å²) >= 11 is 0. The van der Waals surface area contributed by atoms with E-state index in [1.54, 1.807) is 0 Å². The molecule has 5 atom stereocenters. The summed E-state index contributed by atoms with van der Waals surface area (Å²) in [6.07, 6.45) is 12.4. The van der Waals surface area contributed by atoms with Gasteiger partial charge < -0.3 is 19.7 Å². The van der Waals surface area contributed by atoms with E-state index < -0.39 is 42.9 Å². The van der Waals surface area contributed by atoms with Crippen LogP contribution in [0.4, 0.5) is 0 Å². The van der Waals surface area contributed by atoms with Crippen LogP contribution in [0.2, 0.25) is 0 Å². The van der Waals surface area contributed by atoms with E-state index in [0.29, 0.717) is 49.9 Å². The number of aliphatic hydroxyl groups excluding tert-OH is 2. The Morgan fingerprint density at radius 3 is 1.52 bits per heavy atom. The summed E-state index contributed by atoms with van der Waals surface area (Å²) in [7, 11) is -8.53. The van der Waals surface area contributed by atoms with Crippen LogP contribution >= 0.6 is 0 Å². The van der Waals surface area contributed by atoms with Gasteiger partial charge in [-0.2, -0.15) is 16.8 Å². The van der Waals surface area contributed by atoms with Gasteiger partial charge in [0.2, 0.25) is 0 Å². The minimum Gasteiger partial charge on any atom is -0.393 e. The first-order chi connectivity index (χ1) is 20.7. The van der Waals surface area contributed by atoms with Crippen molar-refractivity contribution in [2.45, 2.75) is 176 Å². The van der Waals surface area contributed by atoms with Crippen LogP contribution in [0.1, 0.15) is 129 Å². The van der Waals surface area contributed by atoms with E-state index in [1.807, 2.05) is 0 Å². The Kier molecular flexibility index (Phi) is 11.5. The first-order valence-electron chi connectivity index (χ1n) is 17.3. The number of rotatable bonds is 9. The highest BCUT2D eigenvalue weighted by Gasteiger charge is 2.50. The third kappa shape index (κ3) is 8.38. The van der Waals surface area contributed by atoms with Crippen LogP contribution in [0.25, 0.3) is 0 Å². The van der Waals surface area contributed by atoms with Crippen molar-refractivity contribution in [3.63, 3.8) is 0 Å². The van der Waals surface area contributed by atoms with Crippen LogP contribution < -0.4 is 0 Å². The van der Waals surface area contributed by atoms with Gasteiger partial charge in [0.15, 0.2) is 0 Å². The Balaban J connectivity index is 1.18. The third-order valence-electron chi connectivity index (χ3n) is 12.5. The van der Waals surface area contributed by atoms with E-state index in [2.05, 4.69) is 6.92 Å². The molecule has 0 bridgehead atoms. The van der Waals surface area contributed by atoms with Gasteiger partial charge in [0, 0.05) is 0 Å². The number of hydrogen-bond donors (Lipinski definition) is 4. The molecule has 10 nitrogen and oxygen atoms in total. The molecule has 5 fully saturated rings. The summed E-state index contributed by atoms with van der Waals surface area (Å²) < 4.78 is 80.6. The van der Waals surface area contributed by atoms with Gasteiger partial charge in [-0.1, -0.05) is 6.92 Å². The maximum atomic E-state index is 12.5. The minimum absolute atomic E-state index is 0.0718. The molecule has 4 N–H and O–H groups in total. The second-order valence-electron chi connectivity index (χ2n) is 15.1. The van der Waals surface area contributed by atoms with Crippen molar-refractivity contribution in [3.8, 4) is 0 Å². The van der Waals surface area contributed by atoms with Crippen LogP contribution in [0, 0.1) is 23.2 Å². The molecule has 0 aromatic carbocycles. The normalized spacial score (nSPS) is 42.8. The maximum absolute atomic E-state index is 12.5. The number of aliphatic hydroxyl groups is 2. The van der Waals surface area contributed by atoms with Crippen molar-refractivity contribution in [1.29, 1.82) is 0 Å². The summed E-state index contributed by atoms with van der Waals surface area (Å²) in [4.78, 5) is 0. The van der Waals surface area contributed by atoms with Crippen molar-refractivity contribution < 1.29 is 45.6 Å². The van der Waals surface area contributed by atoms with E-state index in [-0.39, 0.29) is 42.7 Å². The fraction of sp³-hybridized carbons (Fsp3) is 1.00. The molecule has 0 saturated heterocycles. The van der Waals surface area contributed by atoms with E-state index in [4.69, 9.17) is 9.47 Å². The molecule has 0 aliphatic heterocycles. The molecule has 5 aliphatic carbocycles. The maximum Gasteiger partial charge on any atom is 0.270 e. The first-order valence-corrected chi connectivity index (χ1v) is 20.3. The summed E-state index contributed by atoms with van der Waals surface area (Å²) in [6, 6.07) is 0. The molecule has 0 heterocycles. The lowest BCUT2D eigenvalue weighted by atomic mass is 9.52. The van der Waals surface area contributed by atoms with Gasteiger partial charge in [-0.15, -0.1) is 0 Å². The molecule has 5 unspecified atom stereocenters. The third-order valence-corrected chi connectivity index (χ3v) is 15.1. The van der Waals surface area contributed by atoms with Gasteiger partial charge in [-0.25, -0.2) is 0 Å². The highest BCUT2D eigenvalue weighted by atomic mass is 32.2. The lowest BCUT2D eigenvalue weighted by molar-refractivity contribution is -0.107. The zero-order chi connectivity index (χ0) is 31.7. The Bertz CT molecular complexity index is 1110. The average molecular weight is 665 g/mol. The Morgan fingerprint density at radius 2 is 1.02 bits per heavy atom. The van der Waals surface area contributed by atoms with Crippen molar-refractivity contribution in [2.75, 3.05) is 0 Å². The highest BCUT2D eigenvalue weighted by molar-refractivity contribution is 7.86. The summed E-state index contributed by atoms with van der Waals surface area (Å²) in [6.45, 7) is 2.48. The van der Waals surface area contributed by atoms with Crippen molar-refractivity contribution in [2.24, 2.45) is 23.2 Å². The second-order valence-corrected chi connectivity index (χ2v) is 18.4. The van der Waals surface area contributed by atoms with Crippen molar-refractivity contribution in [3.05, 3.63) is 0 Å². The monoisotopic (exact) mass is 664 g/mol. The van der Waals surface area contributed by atoms with Crippen molar-refractivity contribution in [1.82, 2.24) is 0 Å². The quantitative estimate of drug-likeness (QED) is 0.245. The zero-order valence-corrected chi connectivity index (χ0v) is 28.0. The van der Waals surface area contributed by atoms with Crippen LogP contribution in [0.5, 0.6) is 0 Å². The van der Waals surface area contributed by atoms with Gasteiger partial charge in [-0.3, -0.25) is 9.11 Å². The molecule has 0 spiro atoms. The van der Waals surface area contributed by atoms with Crippen LogP contribution in [0.3, 0.4) is 0 Å². The number of ether oxygens (including phenoxy) is 2. The lowest BCUT2D eigenvalue weighted by Gasteiger charge is -2.54. The summed E-state index contributed by atoms with van der Waals surface area (Å²) in [5.74, 6) is 1.64. The molecular formula is C32H56O10S2. The molecule has 0 amide bonds. The molecule has 0 aromatic heterocycles. The van der Waals surface area contributed by atoms with Gasteiger partial charge in [0.1, 0.15) is 5.25 Å². The Labute approximate surface area is 264 Å². The fourth-order valence-corrected chi connectivity index (χ4v) is 11.9. The second kappa shape index (κ2) is 14.4. The Hall–Kier alpha value is -0.340. The van der Waals surface area contributed by atoms with Gasteiger partial charge in [-0.05, 0) is 145 Å². The van der Waals surface area contributed by atoms with E-state index in [1.165, 1.54) is 0 Å². The lowest BCUT2D eigenvalue weighted by Crippen LogP contribution is -2.48. The topological polar surface area (TPSA) is 168 Å². The SMILES string of the molecule is CC(C1CCC(O)CC1)(C1CCC(O)CC1)C1CCC(OC2CCC(OC3CCCC(S(=O)(=O)O)C3)CC2S(=O)(=O)O)CC1. The molecule has 256 valence electrons. The standard InChI is InChI=1S/C32H56O10S2/c1-32(21-5-11-24(33)12-6-21,22-7-13-25(34)14-8-22)23-9-15-26(16-10-23)42-30-18-17-28(20-31(30)44(38,39)40)41-27-3-2-4-29(19-27)43(35,36)37/h21-31,33-34H,2-20H2,1H3,(H,35,36,37)(H,38,39,40). The minimum atomic E-state index is -4.39. The van der Waals surface area contributed by atoms with Gasteiger partial charge in [0.25, 0.3) is 20.2 Å². The first kappa shape index (κ1) is 35.0. The van der Waals surface area contributed by atoms with Gasteiger partial charge >= 0.3 is 0 Å². The van der Waals surface area contributed by atoms with E-state index in [9.17, 15) is 36.2 Å². The molecule has 44 heavy (non-hydrogen) atoms. The molecular weight excluding hydrogens is 608 g/mol. The summed E-state index contributed by atoms with van der Waals surface area (Å²) in [5, 5.41) is 18.5. The van der Waals surface area contributed by atoms with Crippen LogP contribution in [-0.2, 0) is 29.7 Å². The van der Waals surface area contributed by atoms with Crippen LogP contribution in [0.15, 0.2) is 0 Å². The average Bonchev–Trinajstić information content (AvgIpc) is 2.98. The zero-order valence-electron chi connectivity index (χ0n) is 26.3. The molecule has 0 radical (unpaired) electrons. The van der Waals surface area contributed by atoms with E-state index in [0.717, 1.165) is 77.0 Å². The Morgan fingerprint density at radius 1 is 0.545 bits per heavy atom. The fourth-order valence-electron chi connectivity index (χ4n) is 9.89. The van der Waals surface area contributed by atoms with Crippen LogP contribution in [-0.4, -0.2) is 83.3 Å². The predicted octanol–water partition coefficient (Wildman–Crippen LogP) is 5.06. The molecule has 5 saturated carbocycles. The van der Waals surface area contributed by atoms with Crippen molar-refractivity contribution >= 4 is 20.2 Å². The molecule has 5 rings (SSSR count). The number of hydrogen-bond acceptors (Lipinski definition) is 8. The van der Waals surface area contributed by atoms with E-state index >= 15 is 0 Å². The molecule has 12 heteroatoms. The summed E-state index contributed by atoms with van der Waals surface area (Å²) in [5.41, 5.74) is 0.144. The predicted molar refractivity (Wildman–Crippen MR) is 166 cm³/mol. The largest absolute Gasteiger partial charge is 0.393 e.